The van der Waals surface area contributed by atoms with Crippen molar-refractivity contribution in [2.24, 2.45) is 5.92 Å². The quantitative estimate of drug-likeness (QED) is 0.863. The molecule has 0 saturated carbocycles. The molecule has 1 aliphatic heterocycles. The number of thioether (sulfide) groups is 1. The van der Waals surface area contributed by atoms with Crippen molar-refractivity contribution >= 4 is 23.4 Å². The van der Waals surface area contributed by atoms with Crippen molar-refractivity contribution in [3.63, 3.8) is 0 Å². The average Bonchev–Trinajstić information content (AvgIpc) is 2.51. The molecule has 2 aromatic rings. The Bertz CT molecular complexity index is 765. The van der Waals surface area contributed by atoms with Gasteiger partial charge in [-0.05, 0) is 25.0 Å². The summed E-state index contributed by atoms with van der Waals surface area (Å²) in [6.45, 7) is 4.33. The van der Waals surface area contributed by atoms with E-state index in [1.807, 2.05) is 32.0 Å². The van der Waals surface area contributed by atoms with Crippen LogP contribution in [0.1, 0.15) is 11.1 Å². The van der Waals surface area contributed by atoms with E-state index in [0.29, 0.717) is 17.5 Å². The van der Waals surface area contributed by atoms with E-state index in [4.69, 9.17) is 0 Å². The molecule has 1 N–H and O–H groups in total. The summed E-state index contributed by atoms with van der Waals surface area (Å²) in [6, 6.07) is 7.35. The predicted octanol–water partition coefficient (Wildman–Crippen LogP) is 2.22. The molecule has 0 spiro atoms. The van der Waals surface area contributed by atoms with Crippen LogP contribution < -0.4 is 10.9 Å². The van der Waals surface area contributed by atoms with Crippen LogP contribution in [0.15, 0.2) is 40.4 Å². The molecule has 1 aromatic carbocycles. The van der Waals surface area contributed by atoms with Crippen molar-refractivity contribution in [3.05, 3.63) is 51.9 Å². The second-order valence-electron chi connectivity index (χ2n) is 5.44. The monoisotopic (exact) mass is 315 g/mol. The Hall–Kier alpha value is -2.08. The minimum Gasteiger partial charge on any atom is -0.325 e. The fraction of sp³-hybridized carbons (Fsp3) is 0.312. The normalized spacial score (nSPS) is 16.9. The van der Waals surface area contributed by atoms with Gasteiger partial charge in [0.2, 0.25) is 5.91 Å². The number of aromatic nitrogens is 2. The first kappa shape index (κ1) is 14.8. The Kier molecular flexibility index (Phi) is 4.02. The lowest BCUT2D eigenvalue weighted by Gasteiger charge is -2.24. The third-order valence-corrected chi connectivity index (χ3v) is 4.97. The second-order valence-corrected chi connectivity index (χ2v) is 6.43. The predicted molar refractivity (Wildman–Crippen MR) is 87.3 cm³/mol. The standard InChI is InChI=1S/C16H17N3O2S/c1-10-4-3-5-11(2)14(10)18-15(21)12-8-19-13(20)6-7-17-16(19)22-9-12/h3-7,12H,8-9H2,1-2H3,(H,18,21). The number of fused-ring (bicyclic) bond motifs is 1. The van der Waals surface area contributed by atoms with E-state index in [1.165, 1.54) is 24.0 Å². The summed E-state index contributed by atoms with van der Waals surface area (Å²) in [4.78, 5) is 28.6. The van der Waals surface area contributed by atoms with E-state index in [1.54, 1.807) is 4.57 Å². The van der Waals surface area contributed by atoms with Gasteiger partial charge >= 0.3 is 0 Å². The van der Waals surface area contributed by atoms with Crippen LogP contribution in [0.25, 0.3) is 0 Å². The van der Waals surface area contributed by atoms with Crippen LogP contribution in [0.4, 0.5) is 5.69 Å². The van der Waals surface area contributed by atoms with Crippen molar-refractivity contribution in [1.82, 2.24) is 9.55 Å². The molecular formula is C16H17N3O2S. The van der Waals surface area contributed by atoms with Crippen molar-refractivity contribution < 1.29 is 4.79 Å². The first-order valence-corrected chi connectivity index (χ1v) is 8.10. The number of anilines is 1. The van der Waals surface area contributed by atoms with Gasteiger partial charge in [-0.25, -0.2) is 4.98 Å². The number of nitrogens with zero attached hydrogens (tertiary/aromatic N) is 2. The maximum absolute atomic E-state index is 12.5. The Morgan fingerprint density at radius 3 is 2.77 bits per heavy atom. The highest BCUT2D eigenvalue weighted by Crippen LogP contribution is 2.26. The number of carbonyl (C=O) groups is 1. The lowest BCUT2D eigenvalue weighted by Crippen LogP contribution is -2.36. The van der Waals surface area contributed by atoms with Crippen LogP contribution in [0.5, 0.6) is 0 Å². The third kappa shape index (κ3) is 2.78. The first-order valence-electron chi connectivity index (χ1n) is 7.12. The average molecular weight is 315 g/mol. The molecule has 1 aliphatic rings. The molecule has 0 aliphatic carbocycles. The van der Waals surface area contributed by atoms with Gasteiger partial charge in [-0.3, -0.25) is 14.2 Å². The summed E-state index contributed by atoms with van der Waals surface area (Å²) in [5, 5.41) is 3.69. The molecule has 0 fully saturated rings. The van der Waals surface area contributed by atoms with E-state index in [-0.39, 0.29) is 17.4 Å². The number of nitrogens with one attached hydrogen (secondary N) is 1. The smallest absolute Gasteiger partial charge is 0.254 e. The molecule has 1 unspecified atom stereocenters. The van der Waals surface area contributed by atoms with E-state index in [0.717, 1.165) is 16.8 Å². The molecule has 3 rings (SSSR count). The summed E-state index contributed by atoms with van der Waals surface area (Å²) in [5.41, 5.74) is 2.83. The van der Waals surface area contributed by atoms with Gasteiger partial charge in [-0.2, -0.15) is 0 Å². The number of hydrogen-bond acceptors (Lipinski definition) is 4. The van der Waals surface area contributed by atoms with Gasteiger partial charge in [-0.1, -0.05) is 30.0 Å². The van der Waals surface area contributed by atoms with Gasteiger partial charge in [0.15, 0.2) is 5.16 Å². The molecule has 0 radical (unpaired) electrons. The van der Waals surface area contributed by atoms with Gasteiger partial charge in [0.25, 0.3) is 5.56 Å². The molecule has 5 nitrogen and oxygen atoms in total. The van der Waals surface area contributed by atoms with Crippen molar-refractivity contribution in [3.8, 4) is 0 Å². The van der Waals surface area contributed by atoms with Crippen molar-refractivity contribution in [1.29, 1.82) is 0 Å². The lowest BCUT2D eigenvalue weighted by molar-refractivity contribution is -0.119. The molecule has 0 bridgehead atoms. The maximum Gasteiger partial charge on any atom is 0.254 e. The van der Waals surface area contributed by atoms with Gasteiger partial charge in [0.1, 0.15) is 0 Å². The van der Waals surface area contributed by atoms with Crippen LogP contribution in [0.2, 0.25) is 0 Å². The van der Waals surface area contributed by atoms with Gasteiger partial charge in [-0.15, -0.1) is 0 Å². The topological polar surface area (TPSA) is 64.0 Å². The molecule has 1 atom stereocenters. The number of amides is 1. The Labute approximate surface area is 132 Å². The van der Waals surface area contributed by atoms with Crippen molar-refractivity contribution in [2.75, 3.05) is 11.1 Å². The highest BCUT2D eigenvalue weighted by atomic mass is 32.2. The molecule has 22 heavy (non-hydrogen) atoms. The maximum atomic E-state index is 12.5. The van der Waals surface area contributed by atoms with Crippen LogP contribution in [0.3, 0.4) is 0 Å². The zero-order valence-corrected chi connectivity index (χ0v) is 13.3. The Morgan fingerprint density at radius 1 is 1.32 bits per heavy atom. The van der Waals surface area contributed by atoms with Gasteiger partial charge in [0, 0.05) is 30.2 Å². The number of benzene rings is 1. The van der Waals surface area contributed by atoms with Crippen molar-refractivity contribution in [2.45, 2.75) is 25.5 Å². The second kappa shape index (κ2) is 5.96. The van der Waals surface area contributed by atoms with Gasteiger partial charge < -0.3 is 5.32 Å². The van der Waals surface area contributed by atoms with Crippen LogP contribution >= 0.6 is 11.8 Å². The molecule has 1 aromatic heterocycles. The molecular weight excluding hydrogens is 298 g/mol. The number of carbonyl (C=O) groups excluding carboxylic acids is 1. The Balaban J connectivity index is 1.80. The van der Waals surface area contributed by atoms with E-state index in [2.05, 4.69) is 10.3 Å². The lowest BCUT2D eigenvalue weighted by atomic mass is 10.1. The number of aryl methyl sites for hydroxylation is 2. The van der Waals surface area contributed by atoms with E-state index < -0.39 is 0 Å². The van der Waals surface area contributed by atoms with E-state index >= 15 is 0 Å². The molecule has 114 valence electrons. The first-order chi connectivity index (χ1) is 10.6. The van der Waals surface area contributed by atoms with Crippen LogP contribution in [-0.2, 0) is 11.3 Å². The van der Waals surface area contributed by atoms with E-state index in [9.17, 15) is 9.59 Å². The molecule has 0 saturated heterocycles. The van der Waals surface area contributed by atoms with Crippen LogP contribution in [0, 0.1) is 19.8 Å². The number of para-hydroxylation sites is 1. The SMILES string of the molecule is Cc1cccc(C)c1NC(=O)C1CSc2nccc(=O)n2C1. The summed E-state index contributed by atoms with van der Waals surface area (Å²) >= 11 is 1.45. The minimum absolute atomic E-state index is 0.0497. The summed E-state index contributed by atoms with van der Waals surface area (Å²) in [6.07, 6.45) is 1.51. The number of hydrogen-bond donors (Lipinski definition) is 1. The zero-order chi connectivity index (χ0) is 15.7. The minimum atomic E-state index is -0.238. The highest BCUT2D eigenvalue weighted by Gasteiger charge is 2.26. The summed E-state index contributed by atoms with van der Waals surface area (Å²) < 4.78 is 1.57. The van der Waals surface area contributed by atoms with Crippen LogP contribution in [-0.4, -0.2) is 21.2 Å². The zero-order valence-electron chi connectivity index (χ0n) is 12.5. The fourth-order valence-corrected chi connectivity index (χ4v) is 3.61. The molecule has 1 amide bonds. The highest BCUT2D eigenvalue weighted by molar-refractivity contribution is 7.99. The molecule has 6 heteroatoms. The third-order valence-electron chi connectivity index (χ3n) is 3.82. The molecule has 2 heterocycles. The summed E-state index contributed by atoms with van der Waals surface area (Å²) in [7, 11) is 0. The fourth-order valence-electron chi connectivity index (χ4n) is 2.55. The Morgan fingerprint density at radius 2 is 2.05 bits per heavy atom. The largest absolute Gasteiger partial charge is 0.325 e. The number of rotatable bonds is 2. The van der Waals surface area contributed by atoms with Gasteiger partial charge in [0.05, 0.1) is 5.92 Å². The summed E-state index contributed by atoms with van der Waals surface area (Å²) in [5.74, 6) is 0.345.